The largest absolute Gasteiger partial charge is 0.340 e. The second kappa shape index (κ2) is 7.09. The van der Waals surface area contributed by atoms with Crippen molar-refractivity contribution in [3.63, 3.8) is 0 Å². The molecule has 0 saturated carbocycles. The molecule has 4 nitrogen and oxygen atoms in total. The van der Waals surface area contributed by atoms with Gasteiger partial charge in [0.25, 0.3) is 5.91 Å². The molecule has 1 aromatic rings. The Kier molecular flexibility index (Phi) is 5.09. The van der Waals surface area contributed by atoms with Crippen LogP contribution in [0.4, 0.5) is 4.39 Å². The van der Waals surface area contributed by atoms with Crippen molar-refractivity contribution in [2.24, 2.45) is 0 Å². The van der Waals surface area contributed by atoms with E-state index in [2.05, 4.69) is 0 Å². The van der Waals surface area contributed by atoms with E-state index in [1.165, 1.54) is 4.90 Å². The fraction of sp³-hybridized carbons (Fsp3) is 0.556. The number of carbonyl (C=O) groups excluding carboxylic acids is 2. The first kappa shape index (κ1) is 17.2. The highest BCUT2D eigenvalue weighted by Crippen LogP contribution is 2.29. The van der Waals surface area contributed by atoms with Crippen LogP contribution in [0, 0.1) is 0 Å². The zero-order valence-corrected chi connectivity index (χ0v) is 14.4. The number of hydrogen-bond acceptors (Lipinski definition) is 2. The lowest BCUT2D eigenvalue weighted by Gasteiger charge is -2.38. The van der Waals surface area contributed by atoms with Crippen molar-refractivity contribution < 1.29 is 14.0 Å². The Labute approximate surface area is 146 Å². The summed E-state index contributed by atoms with van der Waals surface area (Å²) >= 11 is 5.84. The molecule has 2 aliphatic rings. The van der Waals surface area contributed by atoms with Crippen molar-refractivity contribution in [3.05, 3.63) is 34.9 Å². The molecule has 130 valence electrons. The molecule has 2 heterocycles. The first-order valence-electron chi connectivity index (χ1n) is 8.48. The summed E-state index contributed by atoms with van der Waals surface area (Å²) in [7, 11) is 0. The molecule has 0 aliphatic carbocycles. The molecule has 0 bridgehead atoms. The molecule has 1 aromatic carbocycles. The Balaban J connectivity index is 1.64. The van der Waals surface area contributed by atoms with Gasteiger partial charge in [0, 0.05) is 24.7 Å². The maximum atomic E-state index is 15.2. The van der Waals surface area contributed by atoms with Crippen LogP contribution < -0.4 is 0 Å². The highest BCUT2D eigenvalue weighted by atomic mass is 35.5. The van der Waals surface area contributed by atoms with E-state index in [0.717, 1.165) is 18.4 Å². The van der Waals surface area contributed by atoms with Gasteiger partial charge in [0.15, 0.2) is 0 Å². The van der Waals surface area contributed by atoms with Crippen LogP contribution in [0.25, 0.3) is 0 Å². The molecule has 2 aliphatic heterocycles. The van der Waals surface area contributed by atoms with E-state index in [9.17, 15) is 9.59 Å². The quantitative estimate of drug-likeness (QED) is 0.839. The van der Waals surface area contributed by atoms with Crippen LogP contribution in [0.1, 0.15) is 31.2 Å². The van der Waals surface area contributed by atoms with E-state index in [1.807, 2.05) is 0 Å². The molecule has 1 atom stereocenters. The Bertz CT molecular complexity index is 616. The maximum Gasteiger partial charge on any atom is 0.262 e. The van der Waals surface area contributed by atoms with Gasteiger partial charge < -0.3 is 9.80 Å². The Morgan fingerprint density at radius 2 is 1.67 bits per heavy atom. The topological polar surface area (TPSA) is 40.6 Å². The third kappa shape index (κ3) is 3.72. The number of alkyl halides is 1. The van der Waals surface area contributed by atoms with Gasteiger partial charge in [-0.2, -0.15) is 0 Å². The molecule has 0 aromatic heterocycles. The number of piperidine rings is 1. The minimum Gasteiger partial charge on any atom is -0.340 e. The number of nitrogens with zero attached hydrogens (tertiary/aromatic N) is 2. The highest BCUT2D eigenvalue weighted by molar-refractivity contribution is 6.30. The normalized spacial score (nSPS) is 24.2. The Hall–Kier alpha value is -1.62. The van der Waals surface area contributed by atoms with Gasteiger partial charge in [-0.15, -0.1) is 0 Å². The summed E-state index contributed by atoms with van der Waals surface area (Å²) in [6, 6.07) is 7.05. The van der Waals surface area contributed by atoms with Crippen molar-refractivity contribution in [2.75, 3.05) is 26.2 Å². The predicted octanol–water partition coefficient (Wildman–Crippen LogP) is 2.84. The molecule has 6 heteroatoms. The van der Waals surface area contributed by atoms with Crippen molar-refractivity contribution in [3.8, 4) is 0 Å². The second-order valence-corrected chi connectivity index (χ2v) is 7.12. The van der Waals surface area contributed by atoms with E-state index in [0.29, 0.717) is 31.1 Å². The molecule has 2 fully saturated rings. The van der Waals surface area contributed by atoms with Crippen LogP contribution in [0.15, 0.2) is 24.3 Å². The first-order chi connectivity index (χ1) is 11.5. The monoisotopic (exact) mass is 352 g/mol. The fourth-order valence-corrected chi connectivity index (χ4v) is 3.62. The van der Waals surface area contributed by atoms with E-state index in [4.69, 9.17) is 11.6 Å². The summed E-state index contributed by atoms with van der Waals surface area (Å²) in [6.07, 6.45) is 2.78. The number of hydrogen-bond donors (Lipinski definition) is 0. The minimum absolute atomic E-state index is 0.130. The van der Waals surface area contributed by atoms with Gasteiger partial charge in [0.2, 0.25) is 11.6 Å². The van der Waals surface area contributed by atoms with Crippen LogP contribution in [0.2, 0.25) is 5.02 Å². The van der Waals surface area contributed by atoms with Gasteiger partial charge in [-0.1, -0.05) is 23.7 Å². The van der Waals surface area contributed by atoms with Crippen LogP contribution in [-0.2, 0) is 16.0 Å². The molecule has 0 radical (unpaired) electrons. The molecule has 0 spiro atoms. The van der Waals surface area contributed by atoms with Gasteiger partial charge in [-0.25, -0.2) is 4.39 Å². The lowest BCUT2D eigenvalue weighted by atomic mass is 9.92. The van der Waals surface area contributed by atoms with Crippen LogP contribution in [-0.4, -0.2) is 53.5 Å². The highest BCUT2D eigenvalue weighted by Gasteiger charge is 2.46. The van der Waals surface area contributed by atoms with Crippen LogP contribution in [0.3, 0.4) is 0 Å². The minimum atomic E-state index is -1.93. The lowest BCUT2D eigenvalue weighted by Crippen LogP contribution is -2.56. The smallest absolute Gasteiger partial charge is 0.262 e. The van der Waals surface area contributed by atoms with Gasteiger partial charge in [0.05, 0.1) is 13.0 Å². The SMILES string of the molecule is O=C(Cc1ccc(Cl)cc1)N1CCCC(F)(C(=O)N2CCCC2)C1. The number of likely N-dealkylation sites (tertiary alicyclic amines) is 2. The van der Waals surface area contributed by atoms with Crippen molar-refractivity contribution in [1.82, 2.24) is 9.80 Å². The maximum absolute atomic E-state index is 15.2. The molecule has 2 amide bonds. The summed E-state index contributed by atoms with van der Waals surface area (Å²) in [5.41, 5.74) is -1.09. The van der Waals surface area contributed by atoms with Crippen molar-refractivity contribution >= 4 is 23.4 Å². The molecular formula is C18H22ClFN2O2. The fourth-order valence-electron chi connectivity index (χ4n) is 3.49. The van der Waals surface area contributed by atoms with Crippen LogP contribution in [0.5, 0.6) is 0 Å². The lowest BCUT2D eigenvalue weighted by molar-refractivity contribution is -0.150. The number of amides is 2. The van der Waals surface area contributed by atoms with Crippen molar-refractivity contribution in [2.45, 2.75) is 37.8 Å². The number of carbonyl (C=O) groups is 2. The third-order valence-corrected chi connectivity index (χ3v) is 5.09. The van der Waals surface area contributed by atoms with Crippen LogP contribution >= 0.6 is 11.6 Å². The van der Waals surface area contributed by atoms with Gasteiger partial charge in [-0.3, -0.25) is 9.59 Å². The predicted molar refractivity (Wildman–Crippen MR) is 90.6 cm³/mol. The van der Waals surface area contributed by atoms with E-state index < -0.39 is 11.6 Å². The molecular weight excluding hydrogens is 331 g/mol. The average Bonchev–Trinajstić information content (AvgIpc) is 3.10. The van der Waals surface area contributed by atoms with Gasteiger partial charge >= 0.3 is 0 Å². The zero-order chi connectivity index (χ0) is 17.2. The number of halogens is 2. The second-order valence-electron chi connectivity index (χ2n) is 6.69. The summed E-state index contributed by atoms with van der Waals surface area (Å²) in [4.78, 5) is 28.1. The number of benzene rings is 1. The Morgan fingerprint density at radius 1 is 1.04 bits per heavy atom. The molecule has 1 unspecified atom stereocenters. The summed E-state index contributed by atoms with van der Waals surface area (Å²) in [6.45, 7) is 1.63. The third-order valence-electron chi connectivity index (χ3n) is 4.84. The van der Waals surface area contributed by atoms with Gasteiger partial charge in [-0.05, 0) is 43.4 Å². The molecule has 24 heavy (non-hydrogen) atoms. The first-order valence-corrected chi connectivity index (χ1v) is 8.86. The molecule has 0 N–H and O–H groups in total. The number of rotatable bonds is 3. The van der Waals surface area contributed by atoms with E-state index in [1.54, 1.807) is 29.2 Å². The molecule has 3 rings (SSSR count). The van der Waals surface area contributed by atoms with Gasteiger partial charge in [0.1, 0.15) is 0 Å². The standard InChI is InChI=1S/C18H22ClFN2O2/c19-15-6-4-14(5-7-15)12-16(23)22-11-3-8-18(20,13-22)17(24)21-9-1-2-10-21/h4-7H,1-3,8-13H2. The van der Waals surface area contributed by atoms with E-state index in [-0.39, 0.29) is 25.3 Å². The summed E-state index contributed by atoms with van der Waals surface area (Å²) < 4.78 is 15.2. The Morgan fingerprint density at radius 3 is 2.33 bits per heavy atom. The average molecular weight is 353 g/mol. The molecule has 2 saturated heterocycles. The summed E-state index contributed by atoms with van der Waals surface area (Å²) in [5, 5.41) is 0.614. The van der Waals surface area contributed by atoms with E-state index >= 15 is 4.39 Å². The van der Waals surface area contributed by atoms with Crippen molar-refractivity contribution in [1.29, 1.82) is 0 Å². The summed E-state index contributed by atoms with van der Waals surface area (Å²) in [5.74, 6) is -0.586. The zero-order valence-electron chi connectivity index (χ0n) is 13.6.